The van der Waals surface area contributed by atoms with Crippen LogP contribution in [0.3, 0.4) is 0 Å². The molecule has 6 N–H and O–H groups in total. The summed E-state index contributed by atoms with van der Waals surface area (Å²) in [7, 11) is 0. The summed E-state index contributed by atoms with van der Waals surface area (Å²) in [5.74, 6) is -0.865. The molecule has 0 spiro atoms. The minimum Gasteiger partial charge on any atom is -0.489 e. The molecule has 3 heterocycles. The fraction of sp³-hybridized carbons (Fsp3) is 0.371. The highest BCUT2D eigenvalue weighted by molar-refractivity contribution is 5.98. The van der Waals surface area contributed by atoms with Crippen molar-refractivity contribution in [1.82, 2.24) is 4.90 Å². The Morgan fingerprint density at radius 3 is 1.57 bits per heavy atom. The molecule has 468 valence electrons. The first kappa shape index (κ1) is 62.8. The molecule has 6 aromatic carbocycles. The summed E-state index contributed by atoms with van der Waals surface area (Å²) in [4.78, 5) is 62.7. The number of primary amides is 1. The van der Waals surface area contributed by atoms with E-state index in [4.69, 9.17) is 25.1 Å². The monoisotopic (exact) mass is 1240 g/mol. The van der Waals surface area contributed by atoms with Gasteiger partial charge in [0.25, 0.3) is 0 Å². The number of amides is 5. The summed E-state index contributed by atoms with van der Waals surface area (Å²) in [5.41, 5.74) is 14.5. The van der Waals surface area contributed by atoms with Crippen LogP contribution in [0.4, 0.5) is 35.9 Å². The van der Waals surface area contributed by atoms with Crippen molar-refractivity contribution in [3.8, 4) is 63.1 Å². The first-order valence-electron chi connectivity index (χ1n) is 30.7. The van der Waals surface area contributed by atoms with Crippen molar-refractivity contribution < 1.29 is 56.5 Å². The highest BCUT2D eigenvalue weighted by Gasteiger charge is 2.66. The normalized spacial score (nSPS) is 23.4. The lowest BCUT2D eigenvalue weighted by Gasteiger charge is -2.62. The van der Waals surface area contributed by atoms with Gasteiger partial charge in [-0.25, -0.2) is 13.2 Å². The van der Waals surface area contributed by atoms with Crippen molar-refractivity contribution >= 4 is 52.3 Å². The summed E-state index contributed by atoms with van der Waals surface area (Å²) in [6.07, 6.45) is 1.36. The molecule has 3 saturated heterocycles. The van der Waals surface area contributed by atoms with E-state index in [-0.39, 0.29) is 96.6 Å². The molecule has 5 aliphatic carbocycles. The Balaban J connectivity index is 0.000000141. The van der Waals surface area contributed by atoms with E-state index < -0.39 is 43.1 Å². The molecular weight excluding hydrogens is 1170 g/mol. The second kappa shape index (κ2) is 28.0. The zero-order chi connectivity index (χ0) is 63.9. The number of anilines is 4. The summed E-state index contributed by atoms with van der Waals surface area (Å²) >= 11 is 0. The number of rotatable bonds is 16. The van der Waals surface area contributed by atoms with Crippen LogP contribution in [0.5, 0.6) is 11.5 Å². The molecule has 0 radical (unpaired) electrons. The van der Waals surface area contributed by atoms with Crippen LogP contribution in [0.25, 0.3) is 33.4 Å². The Hall–Kier alpha value is -9.75. The van der Waals surface area contributed by atoms with E-state index in [1.54, 1.807) is 36.4 Å². The zero-order valence-electron chi connectivity index (χ0n) is 49.7. The van der Waals surface area contributed by atoms with E-state index in [2.05, 4.69) is 34.2 Å². The molecule has 5 saturated carbocycles. The summed E-state index contributed by atoms with van der Waals surface area (Å²) in [6.45, 7) is 1.75. The number of nitrogens with one attached hydrogen (secondary N) is 3. The van der Waals surface area contributed by atoms with Gasteiger partial charge in [0.15, 0.2) is 6.17 Å². The van der Waals surface area contributed by atoms with Crippen LogP contribution < -0.4 is 36.1 Å². The lowest BCUT2D eigenvalue weighted by molar-refractivity contribution is -0.182. The molecule has 21 heteroatoms. The van der Waals surface area contributed by atoms with E-state index >= 15 is 0 Å². The average molecular weight is 1240 g/mol. The van der Waals surface area contributed by atoms with E-state index in [9.17, 15) is 52.9 Å². The number of aliphatic hydroxyl groups is 1. The summed E-state index contributed by atoms with van der Waals surface area (Å²) in [6, 6.07) is 44.9. The van der Waals surface area contributed by atoms with Gasteiger partial charge in [0.05, 0.1) is 48.1 Å². The van der Waals surface area contributed by atoms with Gasteiger partial charge < -0.3 is 50.8 Å². The van der Waals surface area contributed by atoms with Crippen molar-refractivity contribution in [2.24, 2.45) is 41.2 Å². The topological polar surface area (TPSA) is 273 Å². The fourth-order valence-corrected chi connectivity index (χ4v) is 12.4. The summed E-state index contributed by atoms with van der Waals surface area (Å²) < 4.78 is 58.3. The number of aliphatic hydroxyl groups excluding tert-OH is 1. The molecule has 7 atom stereocenters. The van der Waals surface area contributed by atoms with E-state index in [1.165, 1.54) is 4.90 Å². The highest BCUT2D eigenvalue weighted by atomic mass is 19.1. The molecule has 2 unspecified atom stereocenters. The van der Waals surface area contributed by atoms with Gasteiger partial charge in [-0.1, -0.05) is 54.6 Å². The number of carbonyl (C=O) groups excluding carboxylic acids is 5. The van der Waals surface area contributed by atoms with Gasteiger partial charge >= 0.3 is 0 Å². The number of ether oxygens (including phenoxy) is 3. The number of likely N-dealkylation sites (tertiary alicyclic amines) is 1. The van der Waals surface area contributed by atoms with E-state index in [0.29, 0.717) is 66.5 Å². The van der Waals surface area contributed by atoms with Crippen molar-refractivity contribution in [2.75, 3.05) is 66.8 Å². The van der Waals surface area contributed by atoms with Crippen LogP contribution in [0.2, 0.25) is 0 Å². The third-order valence-corrected chi connectivity index (χ3v) is 17.9. The molecule has 3 aliphatic heterocycles. The molecule has 18 nitrogen and oxygen atoms in total. The van der Waals surface area contributed by atoms with Gasteiger partial charge in [0, 0.05) is 73.7 Å². The number of benzene rings is 6. The van der Waals surface area contributed by atoms with Gasteiger partial charge in [-0.2, -0.15) is 15.8 Å². The van der Waals surface area contributed by atoms with Crippen LogP contribution in [-0.4, -0.2) is 116 Å². The average Bonchev–Trinajstić information content (AvgIpc) is 1.70. The standard InChI is InChI=1S/C25H25N3O4.C24H23F2N3O4.C21H20FN3O/c26-13-16-10-15(4-5-21(16)32-18-6-8-31-9-7-18)14-2-1-3-17(11-14)28-25(30)23-19-12-20(23)22(19)24(27)29;25-19-10-18(19)24(32)28-17-3-1-2-14(9-17)15-4-5-21(16(8-15)11-27)33-22-6-7-29(12-20(22)26)23(31)13-30;22-18-8-9-25(13-18)20-7-6-16(10-17(20)12-23)15-2-1-3-19(11-15)24-21(26)14-4-5-14/h1-5,10-11,18-20,22-23H,6-9,12H2,(H2,27,29)(H,28,30);1-5,8-9,18-20,22,30H,6-7,10,12-13H2,(H,28,32);1-3,6-7,10-11,14,18H,4-5,8-9,13H2,(H,24,26)/t;18-,19+,20-,22+;18-/m.10/s1. The molecule has 0 aromatic heterocycles. The maximum absolute atomic E-state index is 14.6. The van der Waals surface area contributed by atoms with Gasteiger partial charge in [0.2, 0.25) is 29.5 Å². The third-order valence-electron chi connectivity index (χ3n) is 17.9. The van der Waals surface area contributed by atoms with Gasteiger partial charge in [-0.05, 0) is 150 Å². The number of piperidine rings is 1. The largest absolute Gasteiger partial charge is 0.489 e. The first-order chi connectivity index (χ1) is 44.1. The smallest absolute Gasteiger partial charge is 0.248 e. The number of nitrogens with two attached hydrogens (primary N) is 1. The van der Waals surface area contributed by atoms with Crippen molar-refractivity contribution in [2.45, 2.75) is 82.1 Å². The molecule has 8 aliphatic rings. The van der Waals surface area contributed by atoms with Crippen molar-refractivity contribution in [3.63, 3.8) is 0 Å². The minimum absolute atomic E-state index is 0.0566. The van der Waals surface area contributed by atoms with E-state index in [1.807, 2.05) is 95.9 Å². The second-order valence-electron chi connectivity index (χ2n) is 24.1. The number of nitrogens with zero attached hydrogens (tertiary/aromatic N) is 5. The molecule has 8 fully saturated rings. The maximum Gasteiger partial charge on any atom is 0.248 e. The summed E-state index contributed by atoms with van der Waals surface area (Å²) in [5, 5.41) is 46.3. The predicted octanol–water partition coefficient (Wildman–Crippen LogP) is 10.0. The zero-order valence-corrected chi connectivity index (χ0v) is 49.7. The number of hydrogen-bond donors (Lipinski definition) is 5. The van der Waals surface area contributed by atoms with Gasteiger partial charge in [-0.15, -0.1) is 0 Å². The maximum atomic E-state index is 14.6. The van der Waals surface area contributed by atoms with Crippen LogP contribution in [-0.2, 0) is 28.7 Å². The first-order valence-corrected chi connectivity index (χ1v) is 30.7. The van der Waals surface area contributed by atoms with Crippen molar-refractivity contribution in [1.29, 1.82) is 15.8 Å². The third kappa shape index (κ3) is 14.8. The molecule has 91 heavy (non-hydrogen) atoms. The number of halogens is 3. The Morgan fingerprint density at radius 1 is 0.571 bits per heavy atom. The number of carbonyl (C=O) groups is 5. The van der Waals surface area contributed by atoms with Crippen molar-refractivity contribution in [3.05, 3.63) is 144 Å². The second-order valence-corrected chi connectivity index (χ2v) is 24.1. The SMILES string of the molecule is N#Cc1cc(-c2cccc(NC(=O)C3C4CC3C4C(N)=O)c2)ccc1OC1CCOCC1.N#Cc1cc(-c2cccc(NC(=O)C3CC3)c2)ccc1N1CC[C@H](F)C1.N#Cc1cc(-c2cccc(NC(=O)[C@@H]3C[C@@H]3F)c2)ccc1O[C@H]1CCN(C(=O)CO)C[C@H]1F. The molecular formula is C70H68F3N9O9. The van der Waals surface area contributed by atoms with Gasteiger partial charge in [0.1, 0.15) is 60.9 Å². The predicted molar refractivity (Wildman–Crippen MR) is 333 cm³/mol. The van der Waals surface area contributed by atoms with Crippen LogP contribution >= 0.6 is 0 Å². The highest BCUT2D eigenvalue weighted by Crippen LogP contribution is 2.63. The van der Waals surface area contributed by atoms with Gasteiger partial charge in [-0.3, -0.25) is 24.0 Å². The fourth-order valence-electron chi connectivity index (χ4n) is 12.4. The lowest BCUT2D eigenvalue weighted by atomic mass is 9.40. The number of hydrogen-bond acceptors (Lipinski definition) is 13. The van der Waals surface area contributed by atoms with E-state index in [0.717, 1.165) is 71.3 Å². The quantitative estimate of drug-likeness (QED) is 0.0604. The Bertz CT molecular complexity index is 3870. The molecule has 2 bridgehead atoms. The Labute approximate surface area is 524 Å². The van der Waals surface area contributed by atoms with Crippen LogP contribution in [0.15, 0.2) is 127 Å². The lowest BCUT2D eigenvalue weighted by Crippen LogP contribution is -2.67. The van der Waals surface area contributed by atoms with Crippen LogP contribution in [0.1, 0.15) is 68.1 Å². The van der Waals surface area contributed by atoms with Crippen LogP contribution in [0, 0.1) is 69.5 Å². The Kier molecular flexibility index (Phi) is 19.3. The Morgan fingerprint density at radius 2 is 1.09 bits per heavy atom. The molecule has 6 aromatic rings. The minimum atomic E-state index is -1.45. The molecule has 14 rings (SSSR count). The number of alkyl halides is 3. The number of nitriles is 3. The molecule has 5 amide bonds.